The van der Waals surface area contributed by atoms with Crippen LogP contribution in [-0.4, -0.2) is 30.8 Å². The van der Waals surface area contributed by atoms with Crippen LogP contribution in [0.25, 0.3) is 10.1 Å². The molecule has 0 spiro atoms. The smallest absolute Gasteiger partial charge is 0.263 e. The zero-order chi connectivity index (χ0) is 19.2. The Balaban J connectivity index is 1.43. The lowest BCUT2D eigenvalue weighted by Gasteiger charge is -2.07. The number of hydrogen-bond acceptors (Lipinski definition) is 5. The number of rotatable bonds is 7. The van der Waals surface area contributed by atoms with E-state index in [0.717, 1.165) is 10.1 Å². The van der Waals surface area contributed by atoms with Gasteiger partial charge < -0.3 is 20.4 Å². The molecular formula is C18H16ClN3O4S. The predicted molar refractivity (Wildman–Crippen MR) is 103 cm³/mol. The van der Waals surface area contributed by atoms with Crippen molar-refractivity contribution in [2.45, 2.75) is 6.54 Å². The van der Waals surface area contributed by atoms with Crippen molar-refractivity contribution in [1.82, 2.24) is 16.0 Å². The molecule has 3 N–H and O–H groups in total. The minimum absolute atomic E-state index is 0.195. The summed E-state index contributed by atoms with van der Waals surface area (Å²) in [5.41, 5.74) is 0. The molecule has 0 atom stereocenters. The summed E-state index contributed by atoms with van der Waals surface area (Å²) in [5.74, 6) is -0.659. The van der Waals surface area contributed by atoms with Gasteiger partial charge in [-0.05, 0) is 18.2 Å². The first-order valence-corrected chi connectivity index (χ1v) is 9.25. The summed E-state index contributed by atoms with van der Waals surface area (Å²) in [7, 11) is 0. The van der Waals surface area contributed by atoms with E-state index in [1.54, 1.807) is 12.1 Å². The number of nitrogens with one attached hydrogen (secondary N) is 3. The van der Waals surface area contributed by atoms with E-state index in [0.29, 0.717) is 15.7 Å². The van der Waals surface area contributed by atoms with Crippen molar-refractivity contribution in [2.24, 2.45) is 0 Å². The summed E-state index contributed by atoms with van der Waals surface area (Å²) in [4.78, 5) is 36.1. The highest BCUT2D eigenvalue weighted by atomic mass is 35.5. The summed E-state index contributed by atoms with van der Waals surface area (Å²) in [6.07, 6.45) is 1.51. The molecule has 0 bridgehead atoms. The van der Waals surface area contributed by atoms with Crippen LogP contribution >= 0.6 is 22.9 Å². The maximum absolute atomic E-state index is 12.3. The van der Waals surface area contributed by atoms with Crippen LogP contribution in [0.1, 0.15) is 15.4 Å². The lowest BCUT2D eigenvalue weighted by Crippen LogP contribution is -2.41. The van der Waals surface area contributed by atoms with Crippen LogP contribution < -0.4 is 16.0 Å². The number of carbonyl (C=O) groups excluding carboxylic acids is 3. The molecule has 3 aromatic rings. The van der Waals surface area contributed by atoms with Crippen LogP contribution in [0, 0.1) is 0 Å². The lowest BCUT2D eigenvalue weighted by atomic mass is 10.2. The number of furan rings is 1. The van der Waals surface area contributed by atoms with Gasteiger partial charge in [-0.25, -0.2) is 0 Å². The molecule has 0 aliphatic heterocycles. The van der Waals surface area contributed by atoms with Gasteiger partial charge >= 0.3 is 0 Å². The van der Waals surface area contributed by atoms with Crippen molar-refractivity contribution in [2.75, 3.05) is 13.1 Å². The largest absolute Gasteiger partial charge is 0.467 e. The Morgan fingerprint density at radius 2 is 1.70 bits per heavy atom. The third kappa shape index (κ3) is 4.87. The Morgan fingerprint density at radius 3 is 2.44 bits per heavy atom. The monoisotopic (exact) mass is 405 g/mol. The number of hydrogen-bond donors (Lipinski definition) is 3. The SMILES string of the molecule is O=C(CNC(=O)CNC(=O)c1sc2ccccc2c1Cl)NCc1ccco1. The molecule has 9 heteroatoms. The molecule has 2 heterocycles. The molecule has 0 saturated heterocycles. The minimum atomic E-state index is -0.478. The number of benzene rings is 1. The van der Waals surface area contributed by atoms with Gasteiger partial charge in [-0.15, -0.1) is 11.3 Å². The van der Waals surface area contributed by atoms with E-state index in [-0.39, 0.29) is 25.5 Å². The highest BCUT2D eigenvalue weighted by Gasteiger charge is 2.17. The molecule has 0 unspecified atom stereocenters. The Kier molecular flexibility index (Phi) is 6.10. The summed E-state index contributed by atoms with van der Waals surface area (Å²) in [5, 5.41) is 8.71. The first-order chi connectivity index (χ1) is 13.0. The van der Waals surface area contributed by atoms with Gasteiger partial charge in [-0.1, -0.05) is 29.8 Å². The average Bonchev–Trinajstić information content (AvgIpc) is 3.31. The Hall–Kier alpha value is -2.84. The molecule has 1 aromatic carbocycles. The molecule has 0 aliphatic rings. The molecule has 0 saturated carbocycles. The topological polar surface area (TPSA) is 100 Å². The van der Waals surface area contributed by atoms with Crippen LogP contribution in [0.15, 0.2) is 47.1 Å². The summed E-state index contributed by atoms with van der Waals surface area (Å²) in [6, 6.07) is 10.9. The third-order valence-corrected chi connectivity index (χ3v) is 5.31. The standard InChI is InChI=1S/C18H16ClN3O4S/c19-16-12-5-1-2-6-13(12)27-17(16)18(25)22-10-15(24)21-9-14(23)20-8-11-4-3-7-26-11/h1-7H,8-10H2,(H,20,23)(H,21,24)(H,22,25). The van der Waals surface area contributed by atoms with Gasteiger partial charge in [0.1, 0.15) is 10.6 Å². The van der Waals surface area contributed by atoms with Gasteiger partial charge in [0.2, 0.25) is 11.8 Å². The summed E-state index contributed by atoms with van der Waals surface area (Å²) in [6.45, 7) is -0.212. The zero-order valence-electron chi connectivity index (χ0n) is 14.1. The number of halogens is 1. The predicted octanol–water partition coefficient (Wildman–Crippen LogP) is 2.31. The Morgan fingerprint density at radius 1 is 0.963 bits per heavy atom. The van der Waals surface area contributed by atoms with Crippen molar-refractivity contribution >= 4 is 50.7 Å². The molecule has 0 radical (unpaired) electrons. The molecule has 3 rings (SSSR count). The number of thiophene rings is 1. The zero-order valence-corrected chi connectivity index (χ0v) is 15.7. The number of carbonyl (C=O) groups is 3. The lowest BCUT2D eigenvalue weighted by molar-refractivity contribution is -0.125. The molecular weight excluding hydrogens is 390 g/mol. The highest BCUT2D eigenvalue weighted by molar-refractivity contribution is 7.21. The van der Waals surface area contributed by atoms with E-state index >= 15 is 0 Å². The van der Waals surface area contributed by atoms with Gasteiger partial charge in [-0.2, -0.15) is 0 Å². The van der Waals surface area contributed by atoms with E-state index in [1.807, 2.05) is 24.3 Å². The van der Waals surface area contributed by atoms with Crippen molar-refractivity contribution in [3.63, 3.8) is 0 Å². The van der Waals surface area contributed by atoms with Crippen LogP contribution in [0.5, 0.6) is 0 Å². The van der Waals surface area contributed by atoms with E-state index in [4.69, 9.17) is 16.0 Å². The second kappa shape index (κ2) is 8.70. The number of fused-ring (bicyclic) bond motifs is 1. The maximum atomic E-state index is 12.3. The van der Waals surface area contributed by atoms with Gasteiger partial charge in [0, 0.05) is 10.1 Å². The van der Waals surface area contributed by atoms with Gasteiger partial charge in [-0.3, -0.25) is 14.4 Å². The normalized spacial score (nSPS) is 10.6. The maximum Gasteiger partial charge on any atom is 0.263 e. The summed E-state index contributed by atoms with van der Waals surface area (Å²) >= 11 is 7.49. The van der Waals surface area contributed by atoms with E-state index in [9.17, 15) is 14.4 Å². The van der Waals surface area contributed by atoms with Gasteiger partial charge in [0.15, 0.2) is 0 Å². The van der Waals surface area contributed by atoms with Crippen molar-refractivity contribution in [1.29, 1.82) is 0 Å². The second-order valence-electron chi connectivity index (χ2n) is 5.56. The molecule has 140 valence electrons. The quantitative estimate of drug-likeness (QED) is 0.561. The molecule has 0 fully saturated rings. The van der Waals surface area contributed by atoms with Crippen LogP contribution in [-0.2, 0) is 16.1 Å². The van der Waals surface area contributed by atoms with E-state index in [2.05, 4.69) is 16.0 Å². The third-order valence-electron chi connectivity index (χ3n) is 3.64. The van der Waals surface area contributed by atoms with Crippen molar-refractivity contribution in [3.8, 4) is 0 Å². The first-order valence-electron chi connectivity index (χ1n) is 8.05. The fraction of sp³-hybridized carbons (Fsp3) is 0.167. The molecule has 0 aliphatic carbocycles. The van der Waals surface area contributed by atoms with Crippen molar-refractivity contribution < 1.29 is 18.8 Å². The average molecular weight is 406 g/mol. The first kappa shape index (κ1) is 18.9. The molecule has 7 nitrogen and oxygen atoms in total. The van der Waals surface area contributed by atoms with Gasteiger partial charge in [0.25, 0.3) is 5.91 Å². The van der Waals surface area contributed by atoms with E-state index in [1.165, 1.54) is 17.6 Å². The highest BCUT2D eigenvalue weighted by Crippen LogP contribution is 2.34. The van der Waals surface area contributed by atoms with Crippen LogP contribution in [0.2, 0.25) is 5.02 Å². The Bertz CT molecular complexity index is 968. The minimum Gasteiger partial charge on any atom is -0.467 e. The molecule has 27 heavy (non-hydrogen) atoms. The molecule has 2 aromatic heterocycles. The number of amides is 3. The summed E-state index contributed by atoms with van der Waals surface area (Å²) < 4.78 is 5.98. The van der Waals surface area contributed by atoms with Crippen LogP contribution in [0.4, 0.5) is 0 Å². The molecule has 3 amide bonds. The fourth-order valence-corrected chi connectivity index (χ4v) is 3.74. The Labute approximate surface area is 163 Å². The fourth-order valence-electron chi connectivity index (χ4n) is 2.30. The second-order valence-corrected chi connectivity index (χ2v) is 6.99. The van der Waals surface area contributed by atoms with E-state index < -0.39 is 11.8 Å². The van der Waals surface area contributed by atoms with Crippen LogP contribution in [0.3, 0.4) is 0 Å². The van der Waals surface area contributed by atoms with Gasteiger partial charge in [0.05, 0.1) is 30.9 Å². The van der Waals surface area contributed by atoms with Crippen molar-refractivity contribution in [3.05, 3.63) is 58.3 Å².